The summed E-state index contributed by atoms with van der Waals surface area (Å²) in [6.45, 7) is 3.56. The van der Waals surface area contributed by atoms with Crippen LogP contribution in [0.1, 0.15) is 30.6 Å². The van der Waals surface area contributed by atoms with E-state index in [1.54, 1.807) is 37.4 Å². The fourth-order valence-corrected chi connectivity index (χ4v) is 2.23. The molecule has 7 heteroatoms. The Hall–Kier alpha value is -2.96. The van der Waals surface area contributed by atoms with Crippen molar-refractivity contribution in [1.82, 2.24) is 15.3 Å². The molecular weight excluding hydrogens is 310 g/mol. The van der Waals surface area contributed by atoms with Crippen molar-refractivity contribution in [2.45, 2.75) is 26.3 Å². The number of carbonyl (C=O) groups excluding carboxylic acids is 1. The molecule has 3 N–H and O–H groups in total. The number of carboxylic acid groups (broad SMARTS) is 1. The second kappa shape index (κ2) is 7.54. The maximum Gasteiger partial charge on any atom is 0.326 e. The van der Waals surface area contributed by atoms with E-state index >= 15 is 0 Å². The summed E-state index contributed by atoms with van der Waals surface area (Å²) in [4.78, 5) is 42.4. The summed E-state index contributed by atoms with van der Waals surface area (Å²) in [5.74, 6) is -2.09. The van der Waals surface area contributed by atoms with Crippen molar-refractivity contribution in [3.8, 4) is 11.4 Å². The summed E-state index contributed by atoms with van der Waals surface area (Å²) in [5, 5.41) is 11.6. The Labute approximate surface area is 138 Å². The van der Waals surface area contributed by atoms with Gasteiger partial charge in [-0.15, -0.1) is 0 Å². The van der Waals surface area contributed by atoms with Crippen LogP contribution in [-0.4, -0.2) is 33.0 Å². The number of H-pyrrole nitrogens is 1. The molecule has 1 amide bonds. The lowest BCUT2D eigenvalue weighted by Crippen LogP contribution is -2.46. The molecule has 0 aliphatic rings. The molecule has 2 atom stereocenters. The van der Waals surface area contributed by atoms with Crippen LogP contribution in [0.25, 0.3) is 11.4 Å². The molecule has 2 aromatic rings. The smallest absolute Gasteiger partial charge is 0.326 e. The highest BCUT2D eigenvalue weighted by atomic mass is 16.4. The largest absolute Gasteiger partial charge is 0.480 e. The van der Waals surface area contributed by atoms with Crippen molar-refractivity contribution in [2.75, 3.05) is 0 Å². The Morgan fingerprint density at radius 2 is 2.04 bits per heavy atom. The zero-order valence-corrected chi connectivity index (χ0v) is 13.4. The van der Waals surface area contributed by atoms with Crippen LogP contribution in [0.5, 0.6) is 0 Å². The number of carbonyl (C=O) groups is 2. The summed E-state index contributed by atoms with van der Waals surface area (Å²) in [6, 6.07) is 7.16. The zero-order valence-electron chi connectivity index (χ0n) is 13.4. The van der Waals surface area contributed by atoms with Crippen molar-refractivity contribution in [3.63, 3.8) is 0 Å². The Kier molecular flexibility index (Phi) is 5.47. The minimum atomic E-state index is -1.13. The molecule has 0 radical (unpaired) electrons. The first-order valence-corrected chi connectivity index (χ1v) is 7.62. The Bertz CT molecular complexity index is 786. The van der Waals surface area contributed by atoms with E-state index in [0.29, 0.717) is 17.8 Å². The molecule has 0 aliphatic carbocycles. The molecule has 2 aromatic heterocycles. The van der Waals surface area contributed by atoms with Gasteiger partial charge in [0, 0.05) is 6.20 Å². The third-order valence-corrected chi connectivity index (χ3v) is 3.86. The van der Waals surface area contributed by atoms with Crippen LogP contribution in [0.4, 0.5) is 0 Å². The standard InChI is InChI=1S/C17H19N3O4/c1-3-10(2)14(17(23)24)20-16(22)11-7-8-13(19-15(11)21)12-6-4-5-9-18-12/h4-10,14H,3H2,1-2H3,(H,19,21)(H,20,22)(H,23,24)/t10-,14-/m0/s1. The molecule has 2 rings (SSSR count). The van der Waals surface area contributed by atoms with Crippen LogP contribution in [-0.2, 0) is 4.79 Å². The molecule has 0 saturated carbocycles. The summed E-state index contributed by atoms with van der Waals surface area (Å²) in [6.07, 6.45) is 2.18. The number of carboxylic acids is 1. The predicted octanol–water partition coefficient (Wildman–Crippen LogP) is 1.67. The van der Waals surface area contributed by atoms with Gasteiger partial charge < -0.3 is 15.4 Å². The van der Waals surface area contributed by atoms with Gasteiger partial charge in [0.25, 0.3) is 11.5 Å². The van der Waals surface area contributed by atoms with E-state index in [1.165, 1.54) is 6.07 Å². The molecule has 126 valence electrons. The second-order valence-corrected chi connectivity index (χ2v) is 5.50. The number of aromatic amines is 1. The number of aromatic nitrogens is 2. The third-order valence-electron chi connectivity index (χ3n) is 3.86. The average molecular weight is 329 g/mol. The topological polar surface area (TPSA) is 112 Å². The number of hydrogen-bond donors (Lipinski definition) is 3. The predicted molar refractivity (Wildman–Crippen MR) is 88.6 cm³/mol. The number of nitrogens with zero attached hydrogens (tertiary/aromatic N) is 1. The van der Waals surface area contributed by atoms with Crippen LogP contribution in [0, 0.1) is 5.92 Å². The monoisotopic (exact) mass is 329 g/mol. The van der Waals surface area contributed by atoms with Crippen molar-refractivity contribution >= 4 is 11.9 Å². The summed E-state index contributed by atoms with van der Waals surface area (Å²) < 4.78 is 0. The Balaban J connectivity index is 2.24. The van der Waals surface area contributed by atoms with E-state index in [4.69, 9.17) is 0 Å². The number of rotatable bonds is 6. The first-order chi connectivity index (χ1) is 11.4. The minimum absolute atomic E-state index is 0.135. The van der Waals surface area contributed by atoms with Gasteiger partial charge in [-0.3, -0.25) is 14.6 Å². The SMILES string of the molecule is CC[C@H](C)[C@H](NC(=O)c1ccc(-c2ccccn2)[nH]c1=O)C(=O)O. The maximum absolute atomic E-state index is 12.2. The van der Waals surface area contributed by atoms with Crippen molar-refractivity contribution in [2.24, 2.45) is 5.92 Å². The van der Waals surface area contributed by atoms with Gasteiger partial charge in [-0.25, -0.2) is 4.79 Å². The van der Waals surface area contributed by atoms with Gasteiger partial charge in [-0.05, 0) is 30.2 Å². The van der Waals surface area contributed by atoms with Crippen LogP contribution in [0.15, 0.2) is 41.3 Å². The number of amides is 1. The minimum Gasteiger partial charge on any atom is -0.480 e. The molecule has 7 nitrogen and oxygen atoms in total. The quantitative estimate of drug-likeness (QED) is 0.746. The van der Waals surface area contributed by atoms with Gasteiger partial charge in [-0.1, -0.05) is 26.3 Å². The van der Waals surface area contributed by atoms with E-state index in [1.807, 2.05) is 6.92 Å². The molecule has 0 unspecified atom stereocenters. The van der Waals surface area contributed by atoms with E-state index in [0.717, 1.165) is 0 Å². The summed E-state index contributed by atoms with van der Waals surface area (Å²) in [7, 11) is 0. The van der Waals surface area contributed by atoms with Crippen molar-refractivity contribution in [3.05, 3.63) is 52.4 Å². The average Bonchev–Trinajstić information content (AvgIpc) is 2.59. The summed E-state index contributed by atoms with van der Waals surface area (Å²) in [5.41, 5.74) is 0.326. The van der Waals surface area contributed by atoms with Gasteiger partial charge in [0.15, 0.2) is 0 Å². The van der Waals surface area contributed by atoms with Gasteiger partial charge in [0.1, 0.15) is 11.6 Å². The van der Waals surface area contributed by atoms with Crippen molar-refractivity contribution < 1.29 is 14.7 Å². The first kappa shape index (κ1) is 17.4. The van der Waals surface area contributed by atoms with Crippen LogP contribution < -0.4 is 10.9 Å². The molecular formula is C17H19N3O4. The fraction of sp³-hybridized carbons (Fsp3) is 0.294. The first-order valence-electron chi connectivity index (χ1n) is 7.62. The molecule has 24 heavy (non-hydrogen) atoms. The van der Waals surface area contributed by atoms with Gasteiger partial charge in [0.05, 0.1) is 11.4 Å². The highest BCUT2D eigenvalue weighted by molar-refractivity contribution is 5.96. The normalized spacial score (nSPS) is 13.1. The second-order valence-electron chi connectivity index (χ2n) is 5.50. The van der Waals surface area contributed by atoms with E-state index in [2.05, 4.69) is 15.3 Å². The molecule has 0 aromatic carbocycles. The van der Waals surface area contributed by atoms with Crippen LogP contribution in [0.2, 0.25) is 0 Å². The molecule has 0 fully saturated rings. The molecule has 2 heterocycles. The lowest BCUT2D eigenvalue weighted by Gasteiger charge is -2.19. The lowest BCUT2D eigenvalue weighted by atomic mass is 9.99. The lowest BCUT2D eigenvalue weighted by molar-refractivity contribution is -0.140. The number of nitrogens with one attached hydrogen (secondary N) is 2. The Morgan fingerprint density at radius 3 is 2.58 bits per heavy atom. The highest BCUT2D eigenvalue weighted by Gasteiger charge is 2.26. The van der Waals surface area contributed by atoms with Gasteiger partial charge >= 0.3 is 5.97 Å². The van der Waals surface area contributed by atoms with Gasteiger partial charge in [-0.2, -0.15) is 0 Å². The van der Waals surface area contributed by atoms with E-state index < -0.39 is 23.5 Å². The Morgan fingerprint density at radius 1 is 1.29 bits per heavy atom. The third kappa shape index (κ3) is 3.87. The summed E-state index contributed by atoms with van der Waals surface area (Å²) >= 11 is 0. The van der Waals surface area contributed by atoms with Crippen LogP contribution in [0.3, 0.4) is 0 Å². The number of pyridine rings is 2. The number of hydrogen-bond acceptors (Lipinski definition) is 4. The molecule has 0 bridgehead atoms. The molecule has 0 saturated heterocycles. The maximum atomic E-state index is 12.2. The van der Waals surface area contributed by atoms with E-state index in [9.17, 15) is 19.5 Å². The highest BCUT2D eigenvalue weighted by Crippen LogP contribution is 2.12. The zero-order chi connectivity index (χ0) is 17.7. The molecule has 0 aliphatic heterocycles. The van der Waals surface area contributed by atoms with Gasteiger partial charge in [0.2, 0.25) is 0 Å². The fourth-order valence-electron chi connectivity index (χ4n) is 2.23. The van der Waals surface area contributed by atoms with Crippen LogP contribution >= 0.6 is 0 Å². The molecule has 0 spiro atoms. The van der Waals surface area contributed by atoms with Crippen molar-refractivity contribution in [1.29, 1.82) is 0 Å². The number of aliphatic carboxylic acids is 1. The van der Waals surface area contributed by atoms with E-state index in [-0.39, 0.29) is 11.5 Å².